The highest BCUT2D eigenvalue weighted by atomic mass is 16.3. The van der Waals surface area contributed by atoms with E-state index in [1.807, 2.05) is 37.3 Å². The van der Waals surface area contributed by atoms with E-state index < -0.39 is 0 Å². The number of nitrogens with one attached hydrogen (secondary N) is 2. The Kier molecular flexibility index (Phi) is 4.85. The van der Waals surface area contributed by atoms with Crippen LogP contribution in [0.4, 0.5) is 0 Å². The largest absolute Gasteiger partial charge is 0.393 e. The SMILES string of the molecule is CNC(=O)c1cc(C(=O)N[C@H]2C[C@H](O)C2)n([C@@H](C)c2ccccc2)n1. The molecule has 7 heteroatoms. The number of hydrogen-bond donors (Lipinski definition) is 3. The van der Waals surface area contributed by atoms with E-state index in [4.69, 9.17) is 0 Å². The molecule has 3 N–H and O–H groups in total. The molecule has 2 aromatic rings. The van der Waals surface area contributed by atoms with Crippen LogP contribution in [-0.4, -0.2) is 45.9 Å². The molecule has 1 fully saturated rings. The molecule has 0 aliphatic heterocycles. The molecule has 7 nitrogen and oxygen atoms in total. The number of carbonyl (C=O) groups excluding carboxylic acids is 2. The van der Waals surface area contributed by atoms with E-state index in [0.29, 0.717) is 18.5 Å². The first-order valence-corrected chi connectivity index (χ1v) is 8.35. The molecule has 1 aromatic heterocycles. The van der Waals surface area contributed by atoms with Crippen LogP contribution in [0.3, 0.4) is 0 Å². The molecule has 1 aromatic carbocycles. The average molecular weight is 342 g/mol. The summed E-state index contributed by atoms with van der Waals surface area (Å²) in [5, 5.41) is 19.1. The fourth-order valence-electron chi connectivity index (χ4n) is 2.94. The number of nitrogens with zero attached hydrogens (tertiary/aromatic N) is 2. The van der Waals surface area contributed by atoms with Crippen molar-refractivity contribution in [2.24, 2.45) is 0 Å². The first kappa shape index (κ1) is 17.2. The summed E-state index contributed by atoms with van der Waals surface area (Å²) in [5.74, 6) is -0.630. The van der Waals surface area contributed by atoms with Crippen molar-refractivity contribution in [1.82, 2.24) is 20.4 Å². The summed E-state index contributed by atoms with van der Waals surface area (Å²) in [6.45, 7) is 1.93. The molecular weight excluding hydrogens is 320 g/mol. The highest BCUT2D eigenvalue weighted by Gasteiger charge is 2.30. The Bertz CT molecular complexity index is 766. The lowest BCUT2D eigenvalue weighted by atomic mass is 9.89. The Morgan fingerprint density at radius 1 is 1.24 bits per heavy atom. The van der Waals surface area contributed by atoms with Gasteiger partial charge in [-0.05, 0) is 25.3 Å². The maximum absolute atomic E-state index is 12.7. The summed E-state index contributed by atoms with van der Waals surface area (Å²) in [7, 11) is 1.53. The summed E-state index contributed by atoms with van der Waals surface area (Å²) in [5.41, 5.74) is 1.52. The highest BCUT2D eigenvalue weighted by Crippen LogP contribution is 2.22. The maximum atomic E-state index is 12.7. The van der Waals surface area contributed by atoms with Crippen LogP contribution in [0.1, 0.15) is 52.3 Å². The zero-order valence-electron chi connectivity index (χ0n) is 14.3. The third kappa shape index (κ3) is 3.56. The van der Waals surface area contributed by atoms with Crippen LogP contribution in [0.5, 0.6) is 0 Å². The Hall–Kier alpha value is -2.67. The van der Waals surface area contributed by atoms with E-state index in [1.165, 1.54) is 13.1 Å². The number of carbonyl (C=O) groups is 2. The predicted molar refractivity (Wildman–Crippen MR) is 92.4 cm³/mol. The van der Waals surface area contributed by atoms with E-state index in [1.54, 1.807) is 4.68 Å². The molecule has 1 aliphatic rings. The van der Waals surface area contributed by atoms with Crippen molar-refractivity contribution in [3.63, 3.8) is 0 Å². The van der Waals surface area contributed by atoms with Crippen LogP contribution in [-0.2, 0) is 0 Å². The van der Waals surface area contributed by atoms with Gasteiger partial charge in [0.2, 0.25) is 0 Å². The predicted octanol–water partition coefficient (Wildman–Crippen LogP) is 1.11. The lowest BCUT2D eigenvalue weighted by Gasteiger charge is -2.32. The summed E-state index contributed by atoms with van der Waals surface area (Å²) < 4.78 is 1.57. The quantitative estimate of drug-likeness (QED) is 0.758. The van der Waals surface area contributed by atoms with Gasteiger partial charge in [-0.15, -0.1) is 0 Å². The van der Waals surface area contributed by atoms with Crippen LogP contribution < -0.4 is 10.6 Å². The van der Waals surface area contributed by atoms with E-state index in [2.05, 4.69) is 15.7 Å². The monoisotopic (exact) mass is 342 g/mol. The molecule has 2 amide bonds. The van der Waals surface area contributed by atoms with E-state index in [-0.39, 0.29) is 35.7 Å². The van der Waals surface area contributed by atoms with Gasteiger partial charge in [0.15, 0.2) is 5.69 Å². The fraction of sp³-hybridized carbons (Fsp3) is 0.389. The number of aliphatic hydroxyl groups excluding tert-OH is 1. The zero-order chi connectivity index (χ0) is 18.0. The lowest BCUT2D eigenvalue weighted by Crippen LogP contribution is -2.47. The van der Waals surface area contributed by atoms with E-state index in [0.717, 1.165) is 5.56 Å². The summed E-state index contributed by atoms with van der Waals surface area (Å²) >= 11 is 0. The summed E-state index contributed by atoms with van der Waals surface area (Å²) in [6.07, 6.45) is 0.757. The third-order valence-electron chi connectivity index (χ3n) is 4.53. The number of amides is 2. The number of aliphatic hydroxyl groups is 1. The molecule has 0 spiro atoms. The van der Waals surface area contributed by atoms with Gasteiger partial charge in [0.25, 0.3) is 11.8 Å². The molecule has 0 bridgehead atoms. The number of aromatic nitrogens is 2. The molecule has 1 aliphatic carbocycles. The number of hydrogen-bond acceptors (Lipinski definition) is 4. The van der Waals surface area contributed by atoms with Crippen LogP contribution in [0.25, 0.3) is 0 Å². The first-order valence-electron chi connectivity index (χ1n) is 8.35. The standard InChI is InChI=1S/C18H22N4O3/c1-11(12-6-4-3-5-7-12)22-16(10-15(21-22)17(24)19-2)18(25)20-13-8-14(23)9-13/h3-7,10-11,13-14,23H,8-9H2,1-2H3,(H,19,24)(H,20,25)/t11-,13-,14-/m0/s1. The second kappa shape index (κ2) is 7.06. The van der Waals surface area contributed by atoms with Gasteiger partial charge in [-0.2, -0.15) is 5.10 Å². The highest BCUT2D eigenvalue weighted by molar-refractivity contribution is 5.98. The second-order valence-electron chi connectivity index (χ2n) is 6.32. The normalized spacial score (nSPS) is 20.4. The van der Waals surface area contributed by atoms with Crippen LogP contribution in [0.2, 0.25) is 0 Å². The van der Waals surface area contributed by atoms with Gasteiger partial charge in [-0.3, -0.25) is 14.3 Å². The van der Waals surface area contributed by atoms with Crippen molar-refractivity contribution in [3.8, 4) is 0 Å². The molecule has 0 radical (unpaired) electrons. The Morgan fingerprint density at radius 3 is 2.52 bits per heavy atom. The van der Waals surface area contributed by atoms with Gasteiger partial charge < -0.3 is 15.7 Å². The van der Waals surface area contributed by atoms with E-state index in [9.17, 15) is 14.7 Å². The molecule has 3 rings (SSSR count). The number of rotatable bonds is 5. The Labute approximate surface area is 146 Å². The van der Waals surface area contributed by atoms with Gasteiger partial charge in [0.1, 0.15) is 5.69 Å². The summed E-state index contributed by atoms with van der Waals surface area (Å²) in [6, 6.07) is 10.9. The molecular formula is C18H22N4O3. The van der Waals surface area contributed by atoms with Crippen molar-refractivity contribution < 1.29 is 14.7 Å². The Balaban J connectivity index is 1.90. The molecule has 1 saturated carbocycles. The van der Waals surface area contributed by atoms with Crippen LogP contribution >= 0.6 is 0 Å². The van der Waals surface area contributed by atoms with Gasteiger partial charge in [0.05, 0.1) is 12.1 Å². The van der Waals surface area contributed by atoms with Gasteiger partial charge in [-0.25, -0.2) is 0 Å². The van der Waals surface area contributed by atoms with Crippen LogP contribution in [0, 0.1) is 0 Å². The van der Waals surface area contributed by atoms with Crippen LogP contribution in [0.15, 0.2) is 36.4 Å². The van der Waals surface area contributed by atoms with E-state index >= 15 is 0 Å². The second-order valence-corrected chi connectivity index (χ2v) is 6.32. The minimum absolute atomic E-state index is 0.0404. The van der Waals surface area contributed by atoms with Gasteiger partial charge >= 0.3 is 0 Å². The average Bonchev–Trinajstić information content (AvgIpc) is 3.05. The number of benzene rings is 1. The minimum atomic E-state index is -0.347. The molecule has 1 atom stereocenters. The zero-order valence-corrected chi connectivity index (χ0v) is 14.3. The topological polar surface area (TPSA) is 96.3 Å². The van der Waals surface area contributed by atoms with Crippen molar-refractivity contribution in [3.05, 3.63) is 53.3 Å². The molecule has 0 unspecified atom stereocenters. The third-order valence-corrected chi connectivity index (χ3v) is 4.53. The molecule has 1 heterocycles. The lowest BCUT2D eigenvalue weighted by molar-refractivity contribution is 0.0557. The minimum Gasteiger partial charge on any atom is -0.393 e. The molecule has 25 heavy (non-hydrogen) atoms. The van der Waals surface area contributed by atoms with Crippen molar-refractivity contribution in [2.45, 2.75) is 38.0 Å². The van der Waals surface area contributed by atoms with Crippen molar-refractivity contribution in [1.29, 1.82) is 0 Å². The first-order chi connectivity index (χ1) is 12.0. The molecule has 0 saturated heterocycles. The molecule has 132 valence electrons. The smallest absolute Gasteiger partial charge is 0.271 e. The summed E-state index contributed by atoms with van der Waals surface area (Å²) in [4.78, 5) is 24.6. The Morgan fingerprint density at radius 2 is 1.92 bits per heavy atom. The van der Waals surface area contributed by atoms with Crippen molar-refractivity contribution >= 4 is 11.8 Å². The maximum Gasteiger partial charge on any atom is 0.271 e. The van der Waals surface area contributed by atoms with Gasteiger partial charge in [-0.1, -0.05) is 30.3 Å². The fourth-order valence-corrected chi connectivity index (χ4v) is 2.94. The van der Waals surface area contributed by atoms with Crippen molar-refractivity contribution in [2.75, 3.05) is 7.05 Å². The van der Waals surface area contributed by atoms with Gasteiger partial charge in [0, 0.05) is 19.2 Å².